The SMILES string of the molecule is Cc1ccccc1CCNC(=O)c1cnn(-c2ccccc2F)c1C. The maximum Gasteiger partial charge on any atom is 0.254 e. The number of nitrogens with one attached hydrogen (secondary N) is 1. The molecular weight excluding hydrogens is 317 g/mol. The lowest BCUT2D eigenvalue weighted by molar-refractivity contribution is 0.0953. The summed E-state index contributed by atoms with van der Waals surface area (Å²) in [7, 11) is 0. The standard InChI is InChI=1S/C20H20FN3O/c1-14-7-3-4-8-16(14)11-12-22-20(25)17-13-23-24(15(17)2)19-10-6-5-9-18(19)21/h3-10,13H,11-12H2,1-2H3,(H,22,25). The van der Waals surface area contributed by atoms with Crippen molar-refractivity contribution in [3.05, 3.63) is 82.9 Å². The van der Waals surface area contributed by atoms with Gasteiger partial charge < -0.3 is 5.32 Å². The molecule has 3 aromatic rings. The fourth-order valence-corrected chi connectivity index (χ4v) is 2.80. The van der Waals surface area contributed by atoms with Crippen molar-refractivity contribution < 1.29 is 9.18 Å². The molecule has 1 N–H and O–H groups in total. The molecule has 25 heavy (non-hydrogen) atoms. The summed E-state index contributed by atoms with van der Waals surface area (Å²) in [5.74, 6) is -0.575. The number of hydrogen-bond acceptors (Lipinski definition) is 2. The molecule has 0 bridgehead atoms. The maximum absolute atomic E-state index is 13.9. The minimum atomic E-state index is -0.375. The molecule has 0 saturated carbocycles. The molecule has 0 unspecified atom stereocenters. The molecular formula is C20H20FN3O. The number of hydrogen-bond donors (Lipinski definition) is 1. The van der Waals surface area contributed by atoms with Gasteiger partial charge in [0.05, 0.1) is 17.5 Å². The van der Waals surface area contributed by atoms with Crippen molar-refractivity contribution in [3.8, 4) is 5.69 Å². The van der Waals surface area contributed by atoms with Crippen LogP contribution in [0.1, 0.15) is 27.2 Å². The molecule has 0 fully saturated rings. The van der Waals surface area contributed by atoms with Gasteiger partial charge in [-0.2, -0.15) is 5.10 Å². The number of rotatable bonds is 5. The van der Waals surface area contributed by atoms with Crippen LogP contribution in [0.3, 0.4) is 0 Å². The van der Waals surface area contributed by atoms with Gasteiger partial charge in [-0.1, -0.05) is 36.4 Å². The number of benzene rings is 2. The van der Waals surface area contributed by atoms with Crippen LogP contribution in [0.15, 0.2) is 54.7 Å². The predicted molar refractivity (Wildman–Crippen MR) is 95.5 cm³/mol. The normalized spacial score (nSPS) is 10.7. The van der Waals surface area contributed by atoms with Crippen molar-refractivity contribution in [1.29, 1.82) is 0 Å². The molecule has 0 spiro atoms. The third-order valence-electron chi connectivity index (χ3n) is 4.28. The van der Waals surface area contributed by atoms with Gasteiger partial charge in [-0.15, -0.1) is 0 Å². The molecule has 1 heterocycles. The number of nitrogens with zero attached hydrogens (tertiary/aromatic N) is 2. The number of halogens is 1. The number of aromatic nitrogens is 2. The largest absolute Gasteiger partial charge is 0.352 e. The minimum Gasteiger partial charge on any atom is -0.352 e. The number of amides is 1. The van der Waals surface area contributed by atoms with Gasteiger partial charge in [0.25, 0.3) is 5.91 Å². The van der Waals surface area contributed by atoms with Crippen LogP contribution >= 0.6 is 0 Å². The topological polar surface area (TPSA) is 46.9 Å². The van der Waals surface area contributed by atoms with Gasteiger partial charge in [-0.05, 0) is 43.5 Å². The highest BCUT2D eigenvalue weighted by molar-refractivity contribution is 5.95. The Morgan fingerprint density at radius 3 is 2.60 bits per heavy atom. The zero-order chi connectivity index (χ0) is 17.8. The first-order valence-electron chi connectivity index (χ1n) is 8.20. The van der Waals surface area contributed by atoms with Crippen LogP contribution in [0.5, 0.6) is 0 Å². The molecule has 3 rings (SSSR count). The van der Waals surface area contributed by atoms with Gasteiger partial charge in [0, 0.05) is 6.54 Å². The van der Waals surface area contributed by atoms with Gasteiger partial charge in [0.15, 0.2) is 0 Å². The molecule has 0 atom stereocenters. The highest BCUT2D eigenvalue weighted by Crippen LogP contribution is 2.17. The first-order valence-corrected chi connectivity index (χ1v) is 8.20. The van der Waals surface area contributed by atoms with Crippen molar-refractivity contribution in [2.45, 2.75) is 20.3 Å². The van der Waals surface area contributed by atoms with Crippen molar-refractivity contribution in [3.63, 3.8) is 0 Å². The van der Waals surface area contributed by atoms with E-state index < -0.39 is 0 Å². The van der Waals surface area contributed by atoms with Gasteiger partial charge in [0.2, 0.25) is 0 Å². The Kier molecular flexibility index (Phi) is 4.93. The summed E-state index contributed by atoms with van der Waals surface area (Å²) < 4.78 is 15.4. The lowest BCUT2D eigenvalue weighted by Crippen LogP contribution is -2.26. The highest BCUT2D eigenvalue weighted by Gasteiger charge is 2.16. The summed E-state index contributed by atoms with van der Waals surface area (Å²) in [5, 5.41) is 7.07. The number of carbonyl (C=O) groups excluding carboxylic acids is 1. The molecule has 1 amide bonds. The lowest BCUT2D eigenvalue weighted by Gasteiger charge is -2.08. The Morgan fingerprint density at radius 2 is 1.84 bits per heavy atom. The fourth-order valence-electron chi connectivity index (χ4n) is 2.80. The molecule has 5 heteroatoms. The Hall–Kier alpha value is -2.95. The van der Waals surface area contributed by atoms with E-state index in [0.29, 0.717) is 23.5 Å². The Morgan fingerprint density at radius 1 is 1.12 bits per heavy atom. The molecule has 4 nitrogen and oxygen atoms in total. The van der Waals surface area contributed by atoms with Gasteiger partial charge in [0.1, 0.15) is 11.5 Å². The summed E-state index contributed by atoms with van der Waals surface area (Å²) in [6.45, 7) is 4.35. The van der Waals surface area contributed by atoms with Crippen LogP contribution in [-0.2, 0) is 6.42 Å². The van der Waals surface area contributed by atoms with E-state index in [9.17, 15) is 9.18 Å². The Bertz CT molecular complexity index is 901. The van der Waals surface area contributed by atoms with Crippen molar-refractivity contribution >= 4 is 5.91 Å². The van der Waals surface area contributed by atoms with E-state index in [1.54, 1.807) is 25.1 Å². The summed E-state index contributed by atoms with van der Waals surface area (Å²) in [6, 6.07) is 14.5. The van der Waals surface area contributed by atoms with Crippen LogP contribution in [-0.4, -0.2) is 22.2 Å². The van der Waals surface area contributed by atoms with E-state index in [2.05, 4.69) is 29.5 Å². The lowest BCUT2D eigenvalue weighted by atomic mass is 10.1. The highest BCUT2D eigenvalue weighted by atomic mass is 19.1. The molecule has 0 radical (unpaired) electrons. The van der Waals surface area contributed by atoms with Crippen molar-refractivity contribution in [1.82, 2.24) is 15.1 Å². The molecule has 2 aromatic carbocycles. The Balaban J connectivity index is 1.69. The van der Waals surface area contributed by atoms with Crippen molar-refractivity contribution in [2.75, 3.05) is 6.54 Å². The van der Waals surface area contributed by atoms with E-state index in [0.717, 1.165) is 6.42 Å². The third kappa shape index (κ3) is 3.60. The maximum atomic E-state index is 13.9. The summed E-state index contributed by atoms with van der Waals surface area (Å²) in [5.41, 5.74) is 3.81. The zero-order valence-corrected chi connectivity index (χ0v) is 14.3. The third-order valence-corrected chi connectivity index (χ3v) is 4.28. The average Bonchev–Trinajstić information content (AvgIpc) is 2.98. The smallest absolute Gasteiger partial charge is 0.254 e. The second-order valence-corrected chi connectivity index (χ2v) is 5.94. The van der Waals surface area contributed by atoms with Gasteiger partial charge in [-0.25, -0.2) is 9.07 Å². The predicted octanol–water partition coefficient (Wildman–Crippen LogP) is 3.60. The number of para-hydroxylation sites is 1. The molecule has 0 aliphatic rings. The van der Waals surface area contributed by atoms with Crippen LogP contribution in [0, 0.1) is 19.7 Å². The van der Waals surface area contributed by atoms with Crippen molar-refractivity contribution in [2.24, 2.45) is 0 Å². The minimum absolute atomic E-state index is 0.200. The van der Waals surface area contributed by atoms with E-state index in [1.807, 2.05) is 12.1 Å². The number of carbonyl (C=O) groups is 1. The Labute approximate surface area is 146 Å². The second-order valence-electron chi connectivity index (χ2n) is 5.94. The van der Waals surface area contributed by atoms with E-state index in [4.69, 9.17) is 0 Å². The zero-order valence-electron chi connectivity index (χ0n) is 14.3. The fraction of sp³-hybridized carbons (Fsp3) is 0.200. The number of aryl methyl sites for hydroxylation is 1. The monoisotopic (exact) mass is 337 g/mol. The van der Waals surface area contributed by atoms with Gasteiger partial charge >= 0.3 is 0 Å². The first-order chi connectivity index (χ1) is 12.1. The van der Waals surface area contributed by atoms with Crippen LogP contribution in [0.2, 0.25) is 0 Å². The van der Waals surface area contributed by atoms with Gasteiger partial charge in [-0.3, -0.25) is 4.79 Å². The molecule has 0 aliphatic carbocycles. The van der Waals surface area contributed by atoms with E-state index in [-0.39, 0.29) is 11.7 Å². The quantitative estimate of drug-likeness (QED) is 0.773. The molecule has 0 aliphatic heterocycles. The van der Waals surface area contributed by atoms with E-state index >= 15 is 0 Å². The van der Waals surface area contributed by atoms with Crippen LogP contribution in [0.25, 0.3) is 5.69 Å². The summed E-state index contributed by atoms with van der Waals surface area (Å²) in [4.78, 5) is 12.4. The van der Waals surface area contributed by atoms with Crippen LogP contribution < -0.4 is 5.32 Å². The van der Waals surface area contributed by atoms with E-state index in [1.165, 1.54) is 28.1 Å². The summed E-state index contributed by atoms with van der Waals surface area (Å²) >= 11 is 0. The first kappa shape index (κ1) is 16.9. The average molecular weight is 337 g/mol. The molecule has 1 aromatic heterocycles. The second kappa shape index (κ2) is 7.30. The van der Waals surface area contributed by atoms with Crippen LogP contribution in [0.4, 0.5) is 4.39 Å². The molecule has 128 valence electrons. The summed E-state index contributed by atoms with van der Waals surface area (Å²) in [6.07, 6.45) is 2.24. The molecule has 0 saturated heterocycles.